The Hall–Kier alpha value is -1.86. The molecule has 0 saturated carbocycles. The highest BCUT2D eigenvalue weighted by Crippen LogP contribution is 2.41. The number of pyridine rings is 1. The van der Waals surface area contributed by atoms with Crippen LogP contribution < -0.4 is 0 Å². The lowest BCUT2D eigenvalue weighted by Gasteiger charge is -2.06. The summed E-state index contributed by atoms with van der Waals surface area (Å²) in [5.41, 5.74) is 5.72. The Bertz CT molecular complexity index is 777. The Balaban J connectivity index is 2.13. The van der Waals surface area contributed by atoms with Crippen molar-refractivity contribution in [2.24, 2.45) is 0 Å². The van der Waals surface area contributed by atoms with Gasteiger partial charge >= 0.3 is 0 Å². The first-order valence-corrected chi connectivity index (χ1v) is 6.38. The zero-order chi connectivity index (χ0) is 12.1. The van der Waals surface area contributed by atoms with Crippen LogP contribution in [0.2, 0.25) is 5.02 Å². The lowest BCUT2D eigenvalue weighted by Crippen LogP contribution is -1.89. The first kappa shape index (κ1) is 10.1. The van der Waals surface area contributed by atoms with E-state index < -0.39 is 0 Å². The summed E-state index contributed by atoms with van der Waals surface area (Å²) in [6, 6.07) is 16.5. The molecule has 0 unspecified atom stereocenters. The van der Waals surface area contributed by atoms with Crippen molar-refractivity contribution in [2.45, 2.75) is 6.42 Å². The molecule has 1 aromatic heterocycles. The summed E-state index contributed by atoms with van der Waals surface area (Å²) < 4.78 is 0. The first-order valence-electron chi connectivity index (χ1n) is 6.00. The van der Waals surface area contributed by atoms with Crippen molar-refractivity contribution >= 4 is 22.5 Å². The molecule has 0 N–H and O–H groups in total. The van der Waals surface area contributed by atoms with Crippen molar-refractivity contribution in [3.63, 3.8) is 0 Å². The minimum absolute atomic E-state index is 0.854. The molecule has 0 atom stereocenters. The fourth-order valence-corrected chi connectivity index (χ4v) is 3.01. The third kappa shape index (κ3) is 1.25. The molecular formula is C16H10ClN. The van der Waals surface area contributed by atoms with Gasteiger partial charge in [-0.15, -0.1) is 0 Å². The number of fused-ring (bicyclic) bond motifs is 4. The number of para-hydroxylation sites is 1. The second-order valence-corrected chi connectivity index (χ2v) is 4.98. The Morgan fingerprint density at radius 3 is 2.67 bits per heavy atom. The zero-order valence-corrected chi connectivity index (χ0v) is 10.4. The van der Waals surface area contributed by atoms with Crippen molar-refractivity contribution in [3.05, 3.63) is 64.7 Å². The largest absolute Gasteiger partial charge is 0.247 e. The summed E-state index contributed by atoms with van der Waals surface area (Å²) in [6.07, 6.45) is 0.891. The number of hydrogen-bond acceptors (Lipinski definition) is 1. The molecule has 86 valence electrons. The SMILES string of the molecule is Clc1c2c(nc3ccccc13)-c1ccccc1C2. The summed E-state index contributed by atoms with van der Waals surface area (Å²) in [4.78, 5) is 4.77. The van der Waals surface area contributed by atoms with Gasteiger partial charge < -0.3 is 0 Å². The Labute approximate surface area is 110 Å². The van der Waals surface area contributed by atoms with Crippen LogP contribution in [-0.2, 0) is 6.42 Å². The van der Waals surface area contributed by atoms with E-state index in [-0.39, 0.29) is 0 Å². The van der Waals surface area contributed by atoms with Crippen molar-refractivity contribution in [2.75, 3.05) is 0 Å². The van der Waals surface area contributed by atoms with E-state index >= 15 is 0 Å². The van der Waals surface area contributed by atoms with Gasteiger partial charge in [-0.05, 0) is 11.6 Å². The van der Waals surface area contributed by atoms with Gasteiger partial charge in [-0.25, -0.2) is 4.98 Å². The number of hydrogen-bond donors (Lipinski definition) is 0. The monoisotopic (exact) mass is 251 g/mol. The predicted molar refractivity (Wildman–Crippen MR) is 75.0 cm³/mol. The van der Waals surface area contributed by atoms with Gasteiger partial charge in [0, 0.05) is 22.9 Å². The molecule has 0 amide bonds. The Kier molecular flexibility index (Phi) is 2.00. The van der Waals surface area contributed by atoms with E-state index in [0.29, 0.717) is 0 Å². The van der Waals surface area contributed by atoms with Crippen molar-refractivity contribution in [1.29, 1.82) is 0 Å². The minimum Gasteiger partial charge on any atom is -0.247 e. The normalized spacial score (nSPS) is 12.5. The second kappa shape index (κ2) is 3.56. The van der Waals surface area contributed by atoms with Crippen LogP contribution in [0.15, 0.2) is 48.5 Å². The topological polar surface area (TPSA) is 12.9 Å². The lowest BCUT2D eigenvalue weighted by molar-refractivity contribution is 1.25. The maximum absolute atomic E-state index is 6.54. The van der Waals surface area contributed by atoms with E-state index in [4.69, 9.17) is 16.6 Å². The number of nitrogens with zero attached hydrogens (tertiary/aromatic N) is 1. The average Bonchev–Trinajstić information content (AvgIpc) is 2.79. The third-order valence-corrected chi connectivity index (χ3v) is 4.00. The van der Waals surface area contributed by atoms with Gasteiger partial charge in [-0.1, -0.05) is 54.1 Å². The molecule has 0 radical (unpaired) electrons. The van der Waals surface area contributed by atoms with Gasteiger partial charge in [0.05, 0.1) is 16.2 Å². The quantitative estimate of drug-likeness (QED) is 0.450. The molecule has 2 aromatic carbocycles. The molecule has 0 fully saturated rings. The van der Waals surface area contributed by atoms with E-state index in [1.165, 1.54) is 11.1 Å². The summed E-state index contributed by atoms with van der Waals surface area (Å²) in [7, 11) is 0. The molecular weight excluding hydrogens is 242 g/mol. The van der Waals surface area contributed by atoms with Crippen molar-refractivity contribution < 1.29 is 0 Å². The molecule has 1 aliphatic carbocycles. The Morgan fingerprint density at radius 1 is 0.944 bits per heavy atom. The second-order valence-electron chi connectivity index (χ2n) is 4.60. The van der Waals surface area contributed by atoms with E-state index in [1.54, 1.807) is 0 Å². The van der Waals surface area contributed by atoms with Crippen LogP contribution in [-0.4, -0.2) is 4.98 Å². The number of rotatable bonds is 0. The van der Waals surface area contributed by atoms with E-state index in [2.05, 4.69) is 24.3 Å². The van der Waals surface area contributed by atoms with Crippen molar-refractivity contribution in [1.82, 2.24) is 4.98 Å². The van der Waals surface area contributed by atoms with E-state index in [1.807, 2.05) is 24.3 Å². The lowest BCUT2D eigenvalue weighted by atomic mass is 10.1. The molecule has 2 heteroatoms. The van der Waals surface area contributed by atoms with Gasteiger partial charge in [0.15, 0.2) is 0 Å². The maximum Gasteiger partial charge on any atom is 0.0762 e. The van der Waals surface area contributed by atoms with Crippen LogP contribution in [0.25, 0.3) is 22.2 Å². The fraction of sp³-hybridized carbons (Fsp3) is 0.0625. The van der Waals surface area contributed by atoms with E-state index in [0.717, 1.165) is 33.6 Å². The highest BCUT2D eigenvalue weighted by Gasteiger charge is 2.23. The molecule has 1 heterocycles. The number of aromatic nitrogens is 1. The summed E-state index contributed by atoms with van der Waals surface area (Å²) >= 11 is 6.54. The highest BCUT2D eigenvalue weighted by molar-refractivity contribution is 6.36. The molecule has 1 aliphatic rings. The van der Waals surface area contributed by atoms with Crippen LogP contribution in [0.1, 0.15) is 11.1 Å². The maximum atomic E-state index is 6.54. The van der Waals surface area contributed by atoms with Crippen LogP contribution in [0, 0.1) is 0 Å². The van der Waals surface area contributed by atoms with Crippen LogP contribution >= 0.6 is 11.6 Å². The first-order chi connectivity index (χ1) is 8.84. The zero-order valence-electron chi connectivity index (χ0n) is 9.65. The molecule has 0 bridgehead atoms. The van der Waals surface area contributed by atoms with Gasteiger partial charge in [0.2, 0.25) is 0 Å². The van der Waals surface area contributed by atoms with Crippen molar-refractivity contribution in [3.8, 4) is 11.3 Å². The number of benzene rings is 2. The molecule has 3 aromatic rings. The molecule has 18 heavy (non-hydrogen) atoms. The van der Waals surface area contributed by atoms with Gasteiger partial charge in [-0.3, -0.25) is 0 Å². The predicted octanol–water partition coefficient (Wildman–Crippen LogP) is 4.46. The highest BCUT2D eigenvalue weighted by atomic mass is 35.5. The van der Waals surface area contributed by atoms with Gasteiger partial charge in [0.1, 0.15) is 0 Å². The summed E-state index contributed by atoms with van der Waals surface area (Å²) in [5, 5.41) is 1.90. The number of halogens is 1. The standard InChI is InChI=1S/C16H10ClN/c17-15-12-7-3-4-8-14(12)18-16-11-6-2-1-5-10(11)9-13(15)16/h1-8H,9H2. The van der Waals surface area contributed by atoms with Crippen LogP contribution in [0.3, 0.4) is 0 Å². The molecule has 4 rings (SSSR count). The molecule has 0 saturated heterocycles. The summed E-state index contributed by atoms with van der Waals surface area (Å²) in [6.45, 7) is 0. The van der Waals surface area contributed by atoms with Crippen LogP contribution in [0.4, 0.5) is 0 Å². The average molecular weight is 252 g/mol. The van der Waals surface area contributed by atoms with Gasteiger partial charge in [0.25, 0.3) is 0 Å². The summed E-state index contributed by atoms with van der Waals surface area (Å²) in [5.74, 6) is 0. The molecule has 0 aliphatic heterocycles. The van der Waals surface area contributed by atoms with Crippen LogP contribution in [0.5, 0.6) is 0 Å². The minimum atomic E-state index is 0.854. The molecule has 1 nitrogen and oxygen atoms in total. The molecule has 0 spiro atoms. The van der Waals surface area contributed by atoms with E-state index in [9.17, 15) is 0 Å². The van der Waals surface area contributed by atoms with Gasteiger partial charge in [-0.2, -0.15) is 0 Å². The smallest absolute Gasteiger partial charge is 0.0762 e. The Morgan fingerprint density at radius 2 is 1.72 bits per heavy atom. The fourth-order valence-electron chi connectivity index (χ4n) is 2.69. The third-order valence-electron chi connectivity index (χ3n) is 3.56.